The molecular formula is C13H15FN4S. The Labute approximate surface area is 115 Å². The Morgan fingerprint density at radius 1 is 1.21 bits per heavy atom. The molecule has 6 heteroatoms. The van der Waals surface area contributed by atoms with Crippen molar-refractivity contribution in [2.75, 3.05) is 11.9 Å². The van der Waals surface area contributed by atoms with E-state index in [9.17, 15) is 4.39 Å². The number of aryl methyl sites for hydroxylation is 2. The molecule has 19 heavy (non-hydrogen) atoms. The Hall–Kier alpha value is -1.56. The number of hydrogen-bond donors (Lipinski definition) is 1. The number of nitrogens with one attached hydrogen (secondary N) is 1. The second kappa shape index (κ2) is 5.61. The van der Waals surface area contributed by atoms with Crippen molar-refractivity contribution < 1.29 is 4.39 Å². The molecule has 0 saturated carbocycles. The summed E-state index contributed by atoms with van der Waals surface area (Å²) in [7, 11) is 0. The molecule has 0 aliphatic heterocycles. The van der Waals surface area contributed by atoms with Crippen molar-refractivity contribution in [2.45, 2.75) is 32.1 Å². The predicted molar refractivity (Wildman–Crippen MR) is 72.9 cm³/mol. The standard InChI is InChI=1S/C13H15FN4S/c14-9-7-16-13(17-8-9)15-6-5-12-18-10-3-1-2-4-11(10)19-12/h7-8H,1-6H2,(H,15,16,17). The highest BCUT2D eigenvalue weighted by Crippen LogP contribution is 2.26. The van der Waals surface area contributed by atoms with Gasteiger partial charge in [0.2, 0.25) is 5.95 Å². The third-order valence-electron chi connectivity index (χ3n) is 3.13. The Morgan fingerprint density at radius 3 is 2.79 bits per heavy atom. The topological polar surface area (TPSA) is 50.7 Å². The van der Waals surface area contributed by atoms with Crippen LogP contribution >= 0.6 is 11.3 Å². The summed E-state index contributed by atoms with van der Waals surface area (Å²) in [6, 6.07) is 0. The first kappa shape index (κ1) is 12.5. The molecule has 2 heterocycles. The van der Waals surface area contributed by atoms with Crippen LogP contribution in [0.15, 0.2) is 12.4 Å². The molecule has 1 aliphatic carbocycles. The molecule has 0 aromatic carbocycles. The molecule has 4 nitrogen and oxygen atoms in total. The smallest absolute Gasteiger partial charge is 0.222 e. The lowest BCUT2D eigenvalue weighted by atomic mass is 10.0. The largest absolute Gasteiger partial charge is 0.354 e. The number of anilines is 1. The fourth-order valence-corrected chi connectivity index (χ4v) is 3.35. The number of nitrogens with zero attached hydrogens (tertiary/aromatic N) is 3. The van der Waals surface area contributed by atoms with Crippen molar-refractivity contribution in [1.82, 2.24) is 15.0 Å². The van der Waals surface area contributed by atoms with Crippen LogP contribution in [-0.2, 0) is 19.3 Å². The van der Waals surface area contributed by atoms with Crippen LogP contribution in [0.1, 0.15) is 28.4 Å². The zero-order valence-electron chi connectivity index (χ0n) is 10.5. The number of hydrogen-bond acceptors (Lipinski definition) is 5. The predicted octanol–water partition coefficient (Wildman–Crippen LogP) is 2.61. The molecular weight excluding hydrogens is 263 g/mol. The summed E-state index contributed by atoms with van der Waals surface area (Å²) < 4.78 is 12.6. The number of aromatic nitrogens is 3. The summed E-state index contributed by atoms with van der Waals surface area (Å²) in [6.07, 6.45) is 8.04. The van der Waals surface area contributed by atoms with Gasteiger partial charge in [0.25, 0.3) is 0 Å². The highest BCUT2D eigenvalue weighted by molar-refractivity contribution is 7.11. The minimum Gasteiger partial charge on any atom is -0.354 e. The van der Waals surface area contributed by atoms with Gasteiger partial charge in [0.05, 0.1) is 23.1 Å². The van der Waals surface area contributed by atoms with Crippen molar-refractivity contribution in [2.24, 2.45) is 0 Å². The van der Waals surface area contributed by atoms with E-state index >= 15 is 0 Å². The maximum absolute atomic E-state index is 12.6. The first-order valence-electron chi connectivity index (χ1n) is 6.50. The van der Waals surface area contributed by atoms with Crippen LogP contribution < -0.4 is 5.32 Å². The van der Waals surface area contributed by atoms with Gasteiger partial charge in [-0.2, -0.15) is 0 Å². The van der Waals surface area contributed by atoms with E-state index in [0.717, 1.165) is 31.8 Å². The van der Waals surface area contributed by atoms with E-state index in [1.165, 1.54) is 34.8 Å². The maximum Gasteiger partial charge on any atom is 0.222 e. The molecule has 0 fully saturated rings. The van der Waals surface area contributed by atoms with Gasteiger partial charge in [0.15, 0.2) is 5.82 Å². The number of thiazole rings is 1. The number of fused-ring (bicyclic) bond motifs is 1. The van der Waals surface area contributed by atoms with E-state index in [0.29, 0.717) is 5.95 Å². The molecule has 0 unspecified atom stereocenters. The van der Waals surface area contributed by atoms with Gasteiger partial charge in [-0.25, -0.2) is 19.3 Å². The van der Waals surface area contributed by atoms with Crippen LogP contribution in [0.25, 0.3) is 0 Å². The Kier molecular flexibility index (Phi) is 3.68. The average molecular weight is 278 g/mol. The zero-order valence-corrected chi connectivity index (χ0v) is 11.3. The lowest BCUT2D eigenvalue weighted by molar-refractivity contribution is 0.614. The van der Waals surface area contributed by atoms with Crippen LogP contribution in [-0.4, -0.2) is 21.5 Å². The fourth-order valence-electron chi connectivity index (χ4n) is 2.20. The summed E-state index contributed by atoms with van der Waals surface area (Å²) in [4.78, 5) is 13.9. The minimum atomic E-state index is -0.418. The summed E-state index contributed by atoms with van der Waals surface area (Å²) in [5, 5.41) is 4.25. The van der Waals surface area contributed by atoms with Gasteiger partial charge >= 0.3 is 0 Å². The Bertz CT molecular complexity index is 529. The zero-order chi connectivity index (χ0) is 13.1. The van der Waals surface area contributed by atoms with E-state index in [4.69, 9.17) is 0 Å². The van der Waals surface area contributed by atoms with Crippen molar-refractivity contribution >= 4 is 17.3 Å². The van der Waals surface area contributed by atoms with Crippen molar-refractivity contribution in [3.05, 3.63) is 33.8 Å². The van der Waals surface area contributed by atoms with Gasteiger partial charge in [-0.05, 0) is 25.7 Å². The molecule has 0 bridgehead atoms. The van der Waals surface area contributed by atoms with Crippen molar-refractivity contribution in [3.63, 3.8) is 0 Å². The van der Waals surface area contributed by atoms with Gasteiger partial charge in [0, 0.05) is 17.8 Å². The summed E-state index contributed by atoms with van der Waals surface area (Å²) in [6.45, 7) is 0.720. The highest BCUT2D eigenvalue weighted by Gasteiger charge is 2.14. The molecule has 2 aromatic rings. The summed E-state index contributed by atoms with van der Waals surface area (Å²) in [5.41, 5.74) is 1.30. The monoisotopic (exact) mass is 278 g/mol. The molecule has 0 radical (unpaired) electrons. The van der Waals surface area contributed by atoms with Gasteiger partial charge < -0.3 is 5.32 Å². The third-order valence-corrected chi connectivity index (χ3v) is 4.35. The molecule has 0 atom stereocenters. The SMILES string of the molecule is Fc1cnc(NCCc2nc3c(s2)CCCC3)nc1. The summed E-state index contributed by atoms with van der Waals surface area (Å²) >= 11 is 1.82. The molecule has 0 spiro atoms. The van der Waals surface area contributed by atoms with Gasteiger partial charge in [-0.1, -0.05) is 0 Å². The first-order valence-corrected chi connectivity index (χ1v) is 7.32. The summed E-state index contributed by atoms with van der Waals surface area (Å²) in [5.74, 6) is 0.0425. The normalized spacial score (nSPS) is 14.2. The second-order valence-corrected chi connectivity index (χ2v) is 5.75. The van der Waals surface area contributed by atoms with Crippen molar-refractivity contribution in [3.8, 4) is 0 Å². The van der Waals surface area contributed by atoms with Crippen LogP contribution in [0.2, 0.25) is 0 Å². The quantitative estimate of drug-likeness (QED) is 0.934. The number of rotatable bonds is 4. The van der Waals surface area contributed by atoms with E-state index in [1.807, 2.05) is 11.3 Å². The number of halogens is 1. The lowest BCUT2D eigenvalue weighted by Gasteiger charge is -2.06. The van der Waals surface area contributed by atoms with Crippen LogP contribution in [0.4, 0.5) is 10.3 Å². The minimum absolute atomic E-state index is 0.418. The van der Waals surface area contributed by atoms with Crippen molar-refractivity contribution in [1.29, 1.82) is 0 Å². The second-order valence-electron chi connectivity index (χ2n) is 4.59. The maximum atomic E-state index is 12.6. The molecule has 0 saturated heterocycles. The Morgan fingerprint density at radius 2 is 2.00 bits per heavy atom. The third kappa shape index (κ3) is 3.07. The van der Waals surface area contributed by atoms with E-state index in [-0.39, 0.29) is 0 Å². The van der Waals surface area contributed by atoms with E-state index in [2.05, 4.69) is 20.3 Å². The highest BCUT2D eigenvalue weighted by atomic mass is 32.1. The first-order chi connectivity index (χ1) is 9.31. The van der Waals surface area contributed by atoms with Crippen LogP contribution in [0.3, 0.4) is 0 Å². The fraction of sp³-hybridized carbons (Fsp3) is 0.462. The van der Waals surface area contributed by atoms with Crippen LogP contribution in [0.5, 0.6) is 0 Å². The lowest BCUT2D eigenvalue weighted by Crippen LogP contribution is -2.07. The Balaban J connectivity index is 1.54. The molecule has 3 rings (SSSR count). The molecule has 100 valence electrons. The molecule has 2 aromatic heterocycles. The van der Waals surface area contributed by atoms with Gasteiger partial charge in [-0.3, -0.25) is 0 Å². The molecule has 1 N–H and O–H groups in total. The average Bonchev–Trinajstić information content (AvgIpc) is 2.83. The van der Waals surface area contributed by atoms with Gasteiger partial charge in [-0.15, -0.1) is 11.3 Å². The van der Waals surface area contributed by atoms with Crippen LogP contribution in [0, 0.1) is 5.82 Å². The van der Waals surface area contributed by atoms with Gasteiger partial charge in [0.1, 0.15) is 0 Å². The molecule has 1 aliphatic rings. The van der Waals surface area contributed by atoms with E-state index < -0.39 is 5.82 Å². The van der Waals surface area contributed by atoms with E-state index in [1.54, 1.807) is 0 Å². The molecule has 0 amide bonds.